The average molecular weight is 514 g/mol. The van der Waals surface area contributed by atoms with Crippen molar-refractivity contribution < 1.29 is 36.4 Å². The van der Waals surface area contributed by atoms with Gasteiger partial charge < -0.3 is 14.2 Å². The van der Waals surface area contributed by atoms with E-state index in [2.05, 4.69) is 16.7 Å². The molecule has 1 aliphatic heterocycles. The Labute approximate surface area is 210 Å². The number of carbonyl (C=O) groups is 2. The van der Waals surface area contributed by atoms with Crippen molar-refractivity contribution in [2.24, 2.45) is 0 Å². The van der Waals surface area contributed by atoms with E-state index in [4.69, 9.17) is 4.42 Å². The van der Waals surface area contributed by atoms with Gasteiger partial charge in [-0.3, -0.25) is 4.79 Å². The second-order valence-electron chi connectivity index (χ2n) is 8.41. The summed E-state index contributed by atoms with van der Waals surface area (Å²) in [5.74, 6) is 2.97. The lowest BCUT2D eigenvalue weighted by molar-refractivity contribution is -0.207. The SMILES string of the molecule is O=C(c1ccc(C#Cc2ccccc2F)o1)N1CCC(c2cccc(CNOC(=O)C(F)(F)F)c2)CC1. The van der Waals surface area contributed by atoms with Crippen LogP contribution in [0.5, 0.6) is 0 Å². The predicted octanol–water partition coefficient (Wildman–Crippen LogP) is 4.95. The molecule has 0 bridgehead atoms. The Bertz CT molecular complexity index is 1330. The van der Waals surface area contributed by atoms with Gasteiger partial charge in [-0.15, -0.1) is 5.48 Å². The maximum atomic E-state index is 13.7. The van der Waals surface area contributed by atoms with Gasteiger partial charge in [0.1, 0.15) is 5.82 Å². The van der Waals surface area contributed by atoms with E-state index < -0.39 is 18.0 Å². The van der Waals surface area contributed by atoms with Crippen molar-refractivity contribution >= 4 is 11.9 Å². The van der Waals surface area contributed by atoms with E-state index in [-0.39, 0.29) is 35.5 Å². The number of alkyl halides is 3. The summed E-state index contributed by atoms with van der Waals surface area (Å²) in [6, 6.07) is 16.5. The molecule has 1 saturated heterocycles. The van der Waals surface area contributed by atoms with E-state index in [0.29, 0.717) is 31.5 Å². The van der Waals surface area contributed by atoms with Crippen LogP contribution in [-0.4, -0.2) is 36.0 Å². The summed E-state index contributed by atoms with van der Waals surface area (Å²) >= 11 is 0. The van der Waals surface area contributed by atoms with Crippen LogP contribution in [0.25, 0.3) is 0 Å². The number of amides is 1. The fourth-order valence-electron chi connectivity index (χ4n) is 3.98. The molecule has 0 spiro atoms. The first kappa shape index (κ1) is 26.0. The van der Waals surface area contributed by atoms with Crippen LogP contribution in [0.2, 0.25) is 0 Å². The third-order valence-electron chi connectivity index (χ3n) is 5.89. The minimum atomic E-state index is -5.06. The zero-order valence-electron chi connectivity index (χ0n) is 19.5. The first-order valence-electron chi connectivity index (χ1n) is 11.5. The van der Waals surface area contributed by atoms with Gasteiger partial charge >= 0.3 is 12.1 Å². The second kappa shape index (κ2) is 11.3. The number of carbonyl (C=O) groups excluding carboxylic acids is 2. The summed E-state index contributed by atoms with van der Waals surface area (Å²) < 4.78 is 56.0. The summed E-state index contributed by atoms with van der Waals surface area (Å²) in [6.07, 6.45) is -3.69. The summed E-state index contributed by atoms with van der Waals surface area (Å²) in [5.41, 5.74) is 3.91. The number of hydrogen-bond acceptors (Lipinski definition) is 5. The summed E-state index contributed by atoms with van der Waals surface area (Å²) in [6.45, 7) is 0.909. The van der Waals surface area contributed by atoms with Crippen LogP contribution in [0, 0.1) is 17.7 Å². The number of nitrogens with one attached hydrogen (secondary N) is 1. The molecular formula is C27H22F4N2O4. The number of halogens is 4. The molecule has 4 rings (SSSR count). The summed E-state index contributed by atoms with van der Waals surface area (Å²) in [4.78, 5) is 29.4. The number of hydroxylamine groups is 1. The van der Waals surface area contributed by atoms with Gasteiger partial charge in [-0.1, -0.05) is 42.3 Å². The van der Waals surface area contributed by atoms with Crippen LogP contribution in [0.4, 0.5) is 17.6 Å². The average Bonchev–Trinajstić information content (AvgIpc) is 3.36. The Kier molecular flexibility index (Phi) is 7.94. The molecule has 3 aromatic rings. The van der Waals surface area contributed by atoms with Gasteiger partial charge in [-0.25, -0.2) is 9.18 Å². The van der Waals surface area contributed by atoms with Crippen LogP contribution in [0.1, 0.15) is 51.8 Å². The molecule has 0 saturated carbocycles. The molecule has 1 aromatic heterocycles. The highest BCUT2D eigenvalue weighted by atomic mass is 19.4. The Hall–Kier alpha value is -4.10. The zero-order valence-corrected chi connectivity index (χ0v) is 19.5. The molecular weight excluding hydrogens is 492 g/mol. The van der Waals surface area contributed by atoms with Gasteiger partial charge in [0, 0.05) is 13.1 Å². The van der Waals surface area contributed by atoms with Crippen molar-refractivity contribution in [1.29, 1.82) is 0 Å². The van der Waals surface area contributed by atoms with Gasteiger partial charge in [0.2, 0.25) is 0 Å². The maximum absolute atomic E-state index is 13.7. The van der Waals surface area contributed by atoms with Crippen LogP contribution in [0.3, 0.4) is 0 Å². The largest absolute Gasteiger partial charge is 0.492 e. The summed E-state index contributed by atoms with van der Waals surface area (Å²) in [5, 5.41) is 0. The number of furan rings is 1. The van der Waals surface area contributed by atoms with Gasteiger partial charge in [-0.05, 0) is 60.1 Å². The van der Waals surface area contributed by atoms with Gasteiger partial charge in [0.25, 0.3) is 5.91 Å². The van der Waals surface area contributed by atoms with Gasteiger partial charge in [0.05, 0.1) is 12.1 Å². The number of piperidine rings is 1. The van der Waals surface area contributed by atoms with Crippen LogP contribution >= 0.6 is 0 Å². The molecule has 0 radical (unpaired) electrons. The minimum absolute atomic E-state index is 0.0758. The normalized spacial score (nSPS) is 14.1. The third-order valence-corrected chi connectivity index (χ3v) is 5.89. The number of benzene rings is 2. The fourth-order valence-corrected chi connectivity index (χ4v) is 3.98. The van der Waals surface area contributed by atoms with Gasteiger partial charge in [-0.2, -0.15) is 13.2 Å². The molecule has 1 aliphatic rings. The Balaban J connectivity index is 1.30. The lowest BCUT2D eigenvalue weighted by atomic mass is 9.88. The fraction of sp³-hybridized carbons (Fsp3) is 0.259. The third kappa shape index (κ3) is 6.77. The molecule has 6 nitrogen and oxygen atoms in total. The molecule has 0 unspecified atom stereocenters. The molecule has 192 valence electrons. The molecule has 1 amide bonds. The Morgan fingerprint density at radius 3 is 2.51 bits per heavy atom. The smallest absolute Gasteiger partial charge is 0.443 e. The van der Waals surface area contributed by atoms with Crippen molar-refractivity contribution in [3.05, 3.63) is 94.7 Å². The monoisotopic (exact) mass is 514 g/mol. The molecule has 2 aromatic carbocycles. The van der Waals surface area contributed by atoms with E-state index >= 15 is 0 Å². The van der Waals surface area contributed by atoms with E-state index in [1.165, 1.54) is 6.07 Å². The quantitative estimate of drug-likeness (QED) is 0.297. The highest BCUT2D eigenvalue weighted by Gasteiger charge is 2.41. The van der Waals surface area contributed by atoms with Crippen molar-refractivity contribution in [2.45, 2.75) is 31.5 Å². The van der Waals surface area contributed by atoms with Crippen molar-refractivity contribution in [3.8, 4) is 11.8 Å². The Morgan fingerprint density at radius 2 is 1.78 bits per heavy atom. The van der Waals surface area contributed by atoms with E-state index in [1.807, 2.05) is 17.6 Å². The zero-order chi connectivity index (χ0) is 26.4. The molecule has 0 atom stereocenters. The number of rotatable bonds is 5. The van der Waals surface area contributed by atoms with E-state index in [1.54, 1.807) is 47.4 Å². The number of hydrogen-bond donors (Lipinski definition) is 1. The lowest BCUT2D eigenvalue weighted by Gasteiger charge is -2.31. The summed E-state index contributed by atoms with van der Waals surface area (Å²) in [7, 11) is 0. The molecule has 1 fully saturated rings. The van der Waals surface area contributed by atoms with Crippen LogP contribution in [0.15, 0.2) is 65.1 Å². The second-order valence-corrected chi connectivity index (χ2v) is 8.41. The first-order chi connectivity index (χ1) is 17.7. The predicted molar refractivity (Wildman–Crippen MR) is 124 cm³/mol. The number of likely N-dealkylation sites (tertiary alicyclic amines) is 1. The molecule has 1 N–H and O–H groups in total. The molecule has 2 heterocycles. The molecule has 37 heavy (non-hydrogen) atoms. The molecule has 10 heteroatoms. The Morgan fingerprint density at radius 1 is 1.03 bits per heavy atom. The minimum Gasteiger partial charge on any atom is -0.443 e. The highest BCUT2D eigenvalue weighted by Crippen LogP contribution is 2.29. The van der Waals surface area contributed by atoms with E-state index in [0.717, 1.165) is 5.56 Å². The lowest BCUT2D eigenvalue weighted by Crippen LogP contribution is -2.37. The molecule has 0 aliphatic carbocycles. The maximum Gasteiger partial charge on any atom is 0.492 e. The van der Waals surface area contributed by atoms with Crippen LogP contribution in [-0.2, 0) is 16.2 Å². The number of nitrogens with zero attached hydrogens (tertiary/aromatic N) is 1. The first-order valence-corrected chi connectivity index (χ1v) is 11.5. The van der Waals surface area contributed by atoms with E-state index in [9.17, 15) is 27.2 Å². The van der Waals surface area contributed by atoms with Gasteiger partial charge in [0.15, 0.2) is 11.5 Å². The topological polar surface area (TPSA) is 71.8 Å². The van der Waals surface area contributed by atoms with Crippen molar-refractivity contribution in [1.82, 2.24) is 10.4 Å². The van der Waals surface area contributed by atoms with Crippen molar-refractivity contribution in [3.63, 3.8) is 0 Å². The standard InChI is InChI=1S/C27H22F4N2O4/c28-23-7-2-1-5-20(23)8-9-22-10-11-24(36-22)25(34)33-14-12-19(13-15-33)21-6-3-4-18(16-21)17-32-37-26(35)27(29,30)31/h1-7,10-11,16,19,32H,12-15,17H2. The highest BCUT2D eigenvalue weighted by molar-refractivity contribution is 5.91. The van der Waals surface area contributed by atoms with Crippen molar-refractivity contribution in [2.75, 3.05) is 13.1 Å². The van der Waals surface area contributed by atoms with Crippen LogP contribution < -0.4 is 5.48 Å².